The molecule has 94 valence electrons. The maximum Gasteiger partial charge on any atom is 0.338 e. The third-order valence-electron chi connectivity index (χ3n) is 2.74. The van der Waals surface area contributed by atoms with Crippen LogP contribution in [0.5, 0.6) is 0 Å². The van der Waals surface area contributed by atoms with Crippen LogP contribution in [0.2, 0.25) is 0 Å². The van der Waals surface area contributed by atoms with Crippen molar-refractivity contribution in [1.82, 2.24) is 0 Å². The summed E-state index contributed by atoms with van der Waals surface area (Å²) < 4.78 is 10.2. The fourth-order valence-corrected chi connectivity index (χ4v) is 2.01. The Balaban J connectivity index is 3.10. The number of hydrogen-bond donors (Lipinski definition) is 0. The quantitative estimate of drug-likeness (QED) is 0.327. The highest BCUT2D eigenvalue weighted by Gasteiger charge is 2.41. The third-order valence-corrected chi connectivity index (χ3v) is 2.74. The lowest BCUT2D eigenvalue weighted by Gasteiger charge is -2.18. The number of esters is 2. The van der Waals surface area contributed by atoms with E-state index in [4.69, 9.17) is 9.47 Å². The highest BCUT2D eigenvalue weighted by Crippen LogP contribution is 2.35. The van der Waals surface area contributed by atoms with Crippen LogP contribution in [0, 0.1) is 11.8 Å². The van der Waals surface area contributed by atoms with Crippen LogP contribution < -0.4 is 0 Å². The molecule has 0 aromatic rings. The number of allylic oxidation sites excluding steroid dienone is 1. The molecule has 4 heteroatoms. The molecular formula is C13H18O4. The zero-order valence-corrected chi connectivity index (χ0v) is 10.6. The minimum absolute atomic E-state index is 0.185. The predicted octanol–water partition coefficient (Wildman–Crippen LogP) is 2.21. The number of carbonyl (C=O) groups excluding carboxylic acids is 2. The van der Waals surface area contributed by atoms with Crippen LogP contribution in [-0.2, 0) is 19.1 Å². The Morgan fingerprint density at radius 3 is 2.47 bits per heavy atom. The van der Waals surface area contributed by atoms with E-state index in [1.54, 1.807) is 13.0 Å². The van der Waals surface area contributed by atoms with Crippen molar-refractivity contribution in [3.05, 3.63) is 24.0 Å². The smallest absolute Gasteiger partial charge is 0.338 e. The molecule has 0 spiro atoms. The molecule has 1 heterocycles. The molecule has 1 aliphatic heterocycles. The van der Waals surface area contributed by atoms with Gasteiger partial charge in [0.25, 0.3) is 0 Å². The van der Waals surface area contributed by atoms with Crippen LogP contribution >= 0.6 is 0 Å². The summed E-state index contributed by atoms with van der Waals surface area (Å²) in [6, 6.07) is 0. The Labute approximate surface area is 101 Å². The molecule has 17 heavy (non-hydrogen) atoms. The summed E-state index contributed by atoms with van der Waals surface area (Å²) >= 11 is 0. The normalized spacial score (nSPS) is 26.8. The van der Waals surface area contributed by atoms with E-state index >= 15 is 0 Å². The van der Waals surface area contributed by atoms with Gasteiger partial charge in [-0.1, -0.05) is 19.9 Å². The Kier molecular flexibility index (Phi) is 4.10. The van der Waals surface area contributed by atoms with Crippen molar-refractivity contribution in [2.24, 2.45) is 11.8 Å². The third kappa shape index (κ3) is 2.75. The number of hydrogen-bond acceptors (Lipinski definition) is 4. The first-order chi connectivity index (χ1) is 7.88. The zero-order valence-electron chi connectivity index (χ0n) is 10.6. The SMILES string of the molecule is C=CC1/C(=C(\C)OC(C)=O)C(=O)OC1C(C)C. The standard InChI is InChI=1S/C13H18O4/c1-6-10-11(8(4)16-9(5)14)13(15)17-12(10)7(2)3/h6-7,10,12H,1H2,2-5H3/b11-8-. The summed E-state index contributed by atoms with van der Waals surface area (Å²) in [7, 11) is 0. The summed E-state index contributed by atoms with van der Waals surface area (Å²) in [6.45, 7) is 10.5. The van der Waals surface area contributed by atoms with Crippen LogP contribution in [-0.4, -0.2) is 18.0 Å². The molecule has 0 aromatic heterocycles. The van der Waals surface area contributed by atoms with E-state index in [-0.39, 0.29) is 17.9 Å². The van der Waals surface area contributed by atoms with E-state index in [9.17, 15) is 9.59 Å². The van der Waals surface area contributed by atoms with E-state index in [1.165, 1.54) is 6.92 Å². The van der Waals surface area contributed by atoms with Gasteiger partial charge in [0.2, 0.25) is 0 Å². The van der Waals surface area contributed by atoms with Crippen LogP contribution in [0.25, 0.3) is 0 Å². The summed E-state index contributed by atoms with van der Waals surface area (Å²) in [5, 5.41) is 0. The summed E-state index contributed by atoms with van der Waals surface area (Å²) in [5.41, 5.74) is 0.397. The molecule has 0 saturated carbocycles. The molecule has 0 radical (unpaired) electrons. The Bertz CT molecular complexity index is 379. The highest BCUT2D eigenvalue weighted by molar-refractivity contribution is 5.93. The van der Waals surface area contributed by atoms with Gasteiger partial charge in [-0.2, -0.15) is 0 Å². The average Bonchev–Trinajstić information content (AvgIpc) is 2.54. The molecule has 1 fully saturated rings. The maximum absolute atomic E-state index is 11.8. The van der Waals surface area contributed by atoms with E-state index in [1.807, 2.05) is 13.8 Å². The Morgan fingerprint density at radius 1 is 1.47 bits per heavy atom. The number of ether oxygens (including phenoxy) is 2. The fraction of sp³-hybridized carbons (Fsp3) is 0.538. The fourth-order valence-electron chi connectivity index (χ4n) is 2.01. The zero-order chi connectivity index (χ0) is 13.2. The van der Waals surface area contributed by atoms with E-state index in [2.05, 4.69) is 6.58 Å². The van der Waals surface area contributed by atoms with Crippen LogP contribution in [0.15, 0.2) is 24.0 Å². The molecule has 2 atom stereocenters. The summed E-state index contributed by atoms with van der Waals surface area (Å²) in [5.74, 6) is -0.604. The first-order valence-electron chi connectivity index (χ1n) is 5.61. The number of cyclic esters (lactones) is 1. The lowest BCUT2D eigenvalue weighted by atomic mass is 9.89. The molecule has 2 unspecified atom stereocenters. The highest BCUT2D eigenvalue weighted by atomic mass is 16.6. The van der Waals surface area contributed by atoms with Gasteiger partial charge in [-0.05, 0) is 12.8 Å². The molecule has 4 nitrogen and oxygen atoms in total. The largest absolute Gasteiger partial charge is 0.458 e. The first kappa shape index (κ1) is 13.5. The molecule has 0 aromatic carbocycles. The van der Waals surface area contributed by atoms with E-state index in [0.717, 1.165) is 0 Å². The maximum atomic E-state index is 11.8. The second-order valence-corrected chi connectivity index (χ2v) is 4.44. The average molecular weight is 238 g/mol. The molecule has 1 saturated heterocycles. The minimum Gasteiger partial charge on any atom is -0.458 e. The van der Waals surface area contributed by atoms with E-state index in [0.29, 0.717) is 11.3 Å². The van der Waals surface area contributed by atoms with Crippen molar-refractivity contribution in [1.29, 1.82) is 0 Å². The van der Waals surface area contributed by atoms with Crippen LogP contribution in [0.3, 0.4) is 0 Å². The number of carbonyl (C=O) groups is 2. The summed E-state index contributed by atoms with van der Waals surface area (Å²) in [6.07, 6.45) is 1.43. The molecule has 0 amide bonds. The van der Waals surface area contributed by atoms with Crippen LogP contribution in [0.4, 0.5) is 0 Å². The van der Waals surface area contributed by atoms with Crippen molar-refractivity contribution in [2.45, 2.75) is 33.8 Å². The van der Waals surface area contributed by atoms with Crippen molar-refractivity contribution in [3.8, 4) is 0 Å². The van der Waals surface area contributed by atoms with Gasteiger partial charge >= 0.3 is 11.9 Å². The van der Waals surface area contributed by atoms with Gasteiger partial charge in [-0.3, -0.25) is 4.79 Å². The van der Waals surface area contributed by atoms with Gasteiger partial charge in [0.05, 0.1) is 5.57 Å². The Hall–Kier alpha value is -1.58. The van der Waals surface area contributed by atoms with Crippen molar-refractivity contribution in [3.63, 3.8) is 0 Å². The van der Waals surface area contributed by atoms with Crippen LogP contribution in [0.1, 0.15) is 27.7 Å². The van der Waals surface area contributed by atoms with Gasteiger partial charge in [-0.15, -0.1) is 6.58 Å². The molecule has 0 aliphatic carbocycles. The predicted molar refractivity (Wildman–Crippen MR) is 62.9 cm³/mol. The lowest BCUT2D eigenvalue weighted by Crippen LogP contribution is -2.21. The molecular weight excluding hydrogens is 220 g/mol. The number of rotatable bonds is 3. The van der Waals surface area contributed by atoms with Gasteiger partial charge in [0.15, 0.2) is 0 Å². The van der Waals surface area contributed by atoms with Gasteiger partial charge in [-0.25, -0.2) is 4.79 Å². The topological polar surface area (TPSA) is 52.6 Å². The van der Waals surface area contributed by atoms with Gasteiger partial charge in [0, 0.05) is 12.8 Å². The van der Waals surface area contributed by atoms with Gasteiger partial charge in [0.1, 0.15) is 11.9 Å². The molecule has 0 N–H and O–H groups in total. The molecule has 0 bridgehead atoms. The van der Waals surface area contributed by atoms with Crippen molar-refractivity contribution < 1.29 is 19.1 Å². The first-order valence-corrected chi connectivity index (χ1v) is 5.61. The van der Waals surface area contributed by atoms with Crippen molar-refractivity contribution >= 4 is 11.9 Å². The second-order valence-electron chi connectivity index (χ2n) is 4.44. The minimum atomic E-state index is -0.446. The summed E-state index contributed by atoms with van der Waals surface area (Å²) in [4.78, 5) is 22.7. The Morgan fingerprint density at radius 2 is 2.06 bits per heavy atom. The van der Waals surface area contributed by atoms with E-state index < -0.39 is 11.9 Å². The second kappa shape index (κ2) is 5.17. The molecule has 1 aliphatic rings. The van der Waals surface area contributed by atoms with Crippen molar-refractivity contribution in [2.75, 3.05) is 0 Å². The lowest BCUT2D eigenvalue weighted by molar-refractivity contribution is -0.140. The van der Waals surface area contributed by atoms with Gasteiger partial charge < -0.3 is 9.47 Å². The monoisotopic (exact) mass is 238 g/mol. The molecule has 1 rings (SSSR count).